The summed E-state index contributed by atoms with van der Waals surface area (Å²) in [6.07, 6.45) is 5.51. The second-order valence-corrected chi connectivity index (χ2v) is 12.4. The molecular weight excluding hydrogens is 583 g/mol. The van der Waals surface area contributed by atoms with Crippen LogP contribution in [0.2, 0.25) is 5.02 Å². The van der Waals surface area contributed by atoms with E-state index in [1.165, 1.54) is 36.7 Å². The van der Waals surface area contributed by atoms with Crippen LogP contribution in [0.25, 0.3) is 28.0 Å². The molecule has 0 N–H and O–H groups in total. The Labute approximate surface area is 247 Å². The maximum atomic E-state index is 15.8. The maximum Gasteiger partial charge on any atom is 0.355 e. The van der Waals surface area contributed by atoms with Crippen molar-refractivity contribution in [1.82, 2.24) is 24.4 Å². The van der Waals surface area contributed by atoms with Gasteiger partial charge in [-0.15, -0.1) is 0 Å². The fourth-order valence-corrected chi connectivity index (χ4v) is 6.37. The molecular formula is C29H28ClFN6O4S. The molecule has 218 valence electrons. The van der Waals surface area contributed by atoms with Crippen LogP contribution in [0.15, 0.2) is 65.1 Å². The third-order valence-corrected chi connectivity index (χ3v) is 8.75. The number of aromatic nitrogens is 4. The Morgan fingerprint density at radius 2 is 2.00 bits per heavy atom. The zero-order valence-corrected chi connectivity index (χ0v) is 24.8. The zero-order chi connectivity index (χ0) is 30.3. The van der Waals surface area contributed by atoms with Gasteiger partial charge in [-0.1, -0.05) is 37.2 Å². The molecule has 0 unspecified atom stereocenters. The highest BCUT2D eigenvalue weighted by Crippen LogP contribution is 2.35. The Morgan fingerprint density at radius 3 is 2.64 bits per heavy atom. The highest BCUT2D eigenvalue weighted by Gasteiger charge is 2.31. The number of halogens is 2. The molecule has 0 saturated carbocycles. The minimum absolute atomic E-state index is 0.00363. The third-order valence-electron chi connectivity index (χ3n) is 7.30. The van der Waals surface area contributed by atoms with Gasteiger partial charge in [0.25, 0.3) is 0 Å². The molecule has 1 aliphatic rings. The van der Waals surface area contributed by atoms with E-state index in [9.17, 15) is 18.0 Å². The first kappa shape index (κ1) is 29.3. The van der Waals surface area contributed by atoms with E-state index in [1.54, 1.807) is 17.0 Å². The summed E-state index contributed by atoms with van der Waals surface area (Å²) in [5.41, 5.74) is -0.0734. The van der Waals surface area contributed by atoms with E-state index in [1.807, 2.05) is 18.7 Å². The molecule has 1 saturated heterocycles. The summed E-state index contributed by atoms with van der Waals surface area (Å²) in [7, 11) is -3.81. The Hall–Kier alpha value is -4.16. The number of rotatable bonds is 6. The first-order valence-corrected chi connectivity index (χ1v) is 15.5. The van der Waals surface area contributed by atoms with Crippen molar-refractivity contribution in [2.45, 2.75) is 31.2 Å². The molecule has 0 radical (unpaired) electrons. The maximum absolute atomic E-state index is 15.8. The van der Waals surface area contributed by atoms with Crippen LogP contribution in [0.5, 0.6) is 0 Å². The van der Waals surface area contributed by atoms with Crippen LogP contribution in [0.3, 0.4) is 0 Å². The van der Waals surface area contributed by atoms with Crippen molar-refractivity contribution in [3.05, 3.63) is 82.3 Å². The van der Waals surface area contributed by atoms with Gasteiger partial charge in [-0.05, 0) is 43.2 Å². The average Bonchev–Trinajstić information content (AvgIpc) is 2.96. The van der Waals surface area contributed by atoms with Crippen LogP contribution < -0.4 is 10.6 Å². The Balaban J connectivity index is 1.86. The van der Waals surface area contributed by atoms with Crippen molar-refractivity contribution >= 4 is 44.2 Å². The van der Waals surface area contributed by atoms with Crippen LogP contribution in [0.4, 0.5) is 10.2 Å². The fraction of sp³-hybridized carbons (Fsp3) is 0.276. The average molecular weight is 611 g/mol. The van der Waals surface area contributed by atoms with Gasteiger partial charge >= 0.3 is 5.69 Å². The van der Waals surface area contributed by atoms with Crippen LogP contribution in [-0.4, -0.2) is 70.7 Å². The molecule has 1 amide bonds. The van der Waals surface area contributed by atoms with Gasteiger partial charge in [0.2, 0.25) is 5.91 Å². The molecule has 1 fully saturated rings. The lowest BCUT2D eigenvalue weighted by Crippen LogP contribution is -2.54. The number of aryl methyl sites for hydroxylation is 1. The number of nitrogens with zero attached hydrogens (tertiary/aromatic N) is 6. The van der Waals surface area contributed by atoms with Gasteiger partial charge in [0.05, 0.1) is 21.0 Å². The van der Waals surface area contributed by atoms with E-state index < -0.39 is 21.3 Å². The van der Waals surface area contributed by atoms with Crippen molar-refractivity contribution in [3.63, 3.8) is 0 Å². The second-order valence-electron chi connectivity index (χ2n) is 10.0. The normalized spacial score (nSPS) is 15.7. The summed E-state index contributed by atoms with van der Waals surface area (Å²) >= 11 is 6.37. The predicted molar refractivity (Wildman–Crippen MR) is 159 cm³/mol. The minimum atomic E-state index is -3.81. The van der Waals surface area contributed by atoms with E-state index in [-0.39, 0.29) is 55.7 Å². The number of carbonyl (C=O) groups excluding carboxylic acids is 1. The first-order chi connectivity index (χ1) is 20.0. The number of amides is 1. The third kappa shape index (κ3) is 5.16. The van der Waals surface area contributed by atoms with Gasteiger partial charge in [0.1, 0.15) is 17.3 Å². The van der Waals surface area contributed by atoms with Crippen molar-refractivity contribution in [2.24, 2.45) is 0 Å². The largest absolute Gasteiger partial charge is 0.355 e. The molecule has 1 atom stereocenters. The number of benzene rings is 1. The number of anilines is 1. The summed E-state index contributed by atoms with van der Waals surface area (Å²) in [5, 5.41) is 0.387. The number of fused-ring (bicyclic) bond motifs is 1. The second kappa shape index (κ2) is 11.3. The summed E-state index contributed by atoms with van der Waals surface area (Å²) in [5.74, 6) is -0.773. The quantitative estimate of drug-likeness (QED) is 0.302. The highest BCUT2D eigenvalue weighted by molar-refractivity contribution is 7.90. The lowest BCUT2D eigenvalue weighted by atomic mass is 10.1. The van der Waals surface area contributed by atoms with E-state index in [2.05, 4.69) is 21.5 Å². The summed E-state index contributed by atoms with van der Waals surface area (Å²) in [6.45, 7) is 8.21. The van der Waals surface area contributed by atoms with Gasteiger partial charge in [0.15, 0.2) is 15.5 Å². The number of hydrogen-bond acceptors (Lipinski definition) is 8. The summed E-state index contributed by atoms with van der Waals surface area (Å²) in [6, 6.07) is 7.16. The molecule has 1 aromatic carbocycles. The van der Waals surface area contributed by atoms with Gasteiger partial charge in [-0.3, -0.25) is 9.78 Å². The number of para-hydroxylation sites is 1. The topological polar surface area (TPSA) is 118 Å². The molecule has 1 aliphatic heterocycles. The minimum Gasteiger partial charge on any atom is -0.350 e. The SMILES string of the molecule is C=CC(=O)N1CCN(c2nc(=O)n(-c3c(CC)cccc3S(C)(=O)=O)c3nc(-c4cnccc4Cl)c(F)cc23)[C@@H](C)C1. The number of hydrogen-bond donors (Lipinski definition) is 0. The zero-order valence-electron chi connectivity index (χ0n) is 23.2. The van der Waals surface area contributed by atoms with E-state index >= 15 is 4.39 Å². The Morgan fingerprint density at radius 1 is 1.24 bits per heavy atom. The van der Waals surface area contributed by atoms with Crippen LogP contribution >= 0.6 is 11.6 Å². The molecule has 10 nitrogen and oxygen atoms in total. The van der Waals surface area contributed by atoms with Gasteiger partial charge in [-0.2, -0.15) is 4.98 Å². The van der Waals surface area contributed by atoms with E-state index in [4.69, 9.17) is 11.6 Å². The Kier molecular flexibility index (Phi) is 7.86. The van der Waals surface area contributed by atoms with Crippen LogP contribution in [0, 0.1) is 5.82 Å². The van der Waals surface area contributed by atoms with Gasteiger partial charge in [-0.25, -0.2) is 27.2 Å². The standard InChI is InChI=1S/C29H28ClFN6O4S/c1-5-18-8-7-9-23(42(4,40)41)26(18)37-28-19(14-22(31)25(33-28)20-15-32-11-10-21(20)30)27(34-29(37)39)36-13-12-35(16-17(36)3)24(38)6-2/h6-11,14-15,17H,2,5,12-13,16H2,1,3-4H3/t17-/m0/s1. The van der Waals surface area contributed by atoms with Crippen molar-refractivity contribution in [1.29, 1.82) is 0 Å². The monoisotopic (exact) mass is 610 g/mol. The van der Waals surface area contributed by atoms with Crippen molar-refractivity contribution < 1.29 is 17.6 Å². The molecule has 13 heteroatoms. The Bertz CT molecular complexity index is 1910. The molecule has 0 spiro atoms. The molecule has 4 aromatic rings. The van der Waals surface area contributed by atoms with Gasteiger partial charge < -0.3 is 9.80 Å². The highest BCUT2D eigenvalue weighted by atomic mass is 35.5. The lowest BCUT2D eigenvalue weighted by Gasteiger charge is -2.40. The van der Waals surface area contributed by atoms with E-state index in [0.29, 0.717) is 31.6 Å². The molecule has 0 aliphatic carbocycles. The number of pyridine rings is 2. The number of piperazine rings is 1. The molecule has 3 aromatic heterocycles. The van der Waals surface area contributed by atoms with E-state index in [0.717, 1.165) is 10.8 Å². The molecule has 4 heterocycles. The summed E-state index contributed by atoms with van der Waals surface area (Å²) in [4.78, 5) is 42.6. The van der Waals surface area contributed by atoms with Crippen molar-refractivity contribution in [3.8, 4) is 16.9 Å². The summed E-state index contributed by atoms with van der Waals surface area (Å²) < 4.78 is 42.8. The predicted octanol–water partition coefficient (Wildman–Crippen LogP) is 3.82. The lowest BCUT2D eigenvalue weighted by molar-refractivity contribution is -0.126. The molecule has 5 rings (SSSR count). The fourth-order valence-electron chi connectivity index (χ4n) is 5.27. The molecule has 42 heavy (non-hydrogen) atoms. The number of sulfone groups is 1. The van der Waals surface area contributed by atoms with Crippen molar-refractivity contribution in [2.75, 3.05) is 30.8 Å². The first-order valence-electron chi connectivity index (χ1n) is 13.2. The van der Waals surface area contributed by atoms with Crippen LogP contribution in [0.1, 0.15) is 19.4 Å². The smallest absolute Gasteiger partial charge is 0.350 e. The number of carbonyl (C=O) groups is 1. The molecule has 0 bridgehead atoms. The van der Waals surface area contributed by atoms with Gasteiger partial charge in [0, 0.05) is 49.9 Å². The van der Waals surface area contributed by atoms with Crippen LogP contribution in [-0.2, 0) is 21.1 Å².